The summed E-state index contributed by atoms with van der Waals surface area (Å²) in [5.74, 6) is 0.984. The maximum atomic E-state index is 12.7. The average molecular weight is 467 g/mol. The summed E-state index contributed by atoms with van der Waals surface area (Å²) < 4.78 is 37.5. The molecule has 3 aromatic rings. The summed E-state index contributed by atoms with van der Waals surface area (Å²) >= 11 is 0. The highest BCUT2D eigenvalue weighted by atomic mass is 32.2. The Bertz CT molecular complexity index is 1290. The van der Waals surface area contributed by atoms with Gasteiger partial charge in [-0.2, -0.15) is 0 Å². The smallest absolute Gasteiger partial charge is 0.255 e. The summed E-state index contributed by atoms with van der Waals surface area (Å²) in [5.41, 5.74) is 4.35. The Hall–Kier alpha value is -3.52. The molecule has 33 heavy (non-hydrogen) atoms. The number of carbonyl (C=O) groups is 1. The number of nitrogens with zero attached hydrogens (tertiary/aromatic N) is 1. The van der Waals surface area contributed by atoms with Crippen LogP contribution in [-0.4, -0.2) is 33.8 Å². The number of nitrogens with one attached hydrogen (secondary N) is 1. The van der Waals surface area contributed by atoms with Crippen LogP contribution in [0, 0.1) is 13.8 Å². The second-order valence-electron chi connectivity index (χ2n) is 8.07. The Balaban J connectivity index is 1.50. The molecule has 0 fully saturated rings. The van der Waals surface area contributed by atoms with Gasteiger partial charge in [0.2, 0.25) is 10.0 Å². The number of carbonyl (C=O) groups excluding carboxylic acids is 1. The first-order valence-corrected chi connectivity index (χ1v) is 12.4. The summed E-state index contributed by atoms with van der Waals surface area (Å²) in [6, 6.07) is 17.9. The quantitative estimate of drug-likeness (QED) is 0.586. The highest BCUT2D eigenvalue weighted by Crippen LogP contribution is 2.32. The third-order valence-electron chi connectivity index (χ3n) is 5.38. The van der Waals surface area contributed by atoms with Gasteiger partial charge in [-0.05, 0) is 60.9 Å². The van der Waals surface area contributed by atoms with Crippen molar-refractivity contribution in [3.05, 3.63) is 82.9 Å². The van der Waals surface area contributed by atoms with Crippen LogP contribution in [0.2, 0.25) is 0 Å². The van der Waals surface area contributed by atoms with E-state index in [0.717, 1.165) is 16.7 Å². The normalized spacial score (nSPS) is 12.8. The van der Waals surface area contributed by atoms with Crippen molar-refractivity contribution in [2.45, 2.75) is 20.4 Å². The maximum absolute atomic E-state index is 12.7. The van der Waals surface area contributed by atoms with Crippen LogP contribution in [0.3, 0.4) is 0 Å². The molecule has 0 unspecified atom stereocenters. The van der Waals surface area contributed by atoms with Gasteiger partial charge in [0, 0.05) is 17.3 Å². The first-order chi connectivity index (χ1) is 15.7. The van der Waals surface area contributed by atoms with Crippen molar-refractivity contribution in [2.75, 3.05) is 29.1 Å². The van der Waals surface area contributed by atoms with E-state index in [1.807, 2.05) is 32.0 Å². The van der Waals surface area contributed by atoms with Crippen molar-refractivity contribution in [3.63, 3.8) is 0 Å². The Morgan fingerprint density at radius 2 is 1.64 bits per heavy atom. The van der Waals surface area contributed by atoms with Crippen LogP contribution in [0.5, 0.6) is 11.5 Å². The summed E-state index contributed by atoms with van der Waals surface area (Å²) in [6.07, 6.45) is 1.20. The van der Waals surface area contributed by atoms with Crippen molar-refractivity contribution >= 4 is 27.3 Å². The minimum absolute atomic E-state index is 0.174. The van der Waals surface area contributed by atoms with E-state index in [1.165, 1.54) is 10.6 Å². The van der Waals surface area contributed by atoms with E-state index in [1.54, 1.807) is 42.5 Å². The zero-order valence-electron chi connectivity index (χ0n) is 18.8. The van der Waals surface area contributed by atoms with Crippen LogP contribution in [0.4, 0.5) is 11.4 Å². The van der Waals surface area contributed by atoms with Gasteiger partial charge in [-0.1, -0.05) is 24.3 Å². The van der Waals surface area contributed by atoms with Gasteiger partial charge in [0.25, 0.3) is 5.91 Å². The molecule has 3 aromatic carbocycles. The first-order valence-electron chi connectivity index (χ1n) is 10.6. The van der Waals surface area contributed by atoms with Gasteiger partial charge in [0.1, 0.15) is 13.2 Å². The average Bonchev–Trinajstić information content (AvgIpc) is 2.79. The molecule has 1 aliphatic rings. The number of amides is 1. The van der Waals surface area contributed by atoms with Gasteiger partial charge in [0.15, 0.2) is 11.5 Å². The number of aryl methyl sites for hydroxylation is 2. The molecule has 8 heteroatoms. The molecule has 0 aliphatic carbocycles. The lowest BCUT2D eigenvalue weighted by molar-refractivity contribution is 0.102. The number of fused-ring (bicyclic) bond motifs is 1. The molecule has 1 amide bonds. The third kappa shape index (κ3) is 5.28. The summed E-state index contributed by atoms with van der Waals surface area (Å²) in [5, 5.41) is 2.85. The van der Waals surface area contributed by atoms with Gasteiger partial charge in [-0.15, -0.1) is 0 Å². The van der Waals surface area contributed by atoms with E-state index in [9.17, 15) is 13.2 Å². The summed E-state index contributed by atoms with van der Waals surface area (Å²) in [6.45, 7) is 4.97. The standard InChI is InChI=1S/C25H26N2O5S/c1-17-4-5-18(2)22(14-17)27(33(3,29)30)16-19-6-8-20(9-7-19)25(28)26-21-10-11-23-24(15-21)32-13-12-31-23/h4-11,14-15H,12-13,16H2,1-3H3,(H,26,28). The lowest BCUT2D eigenvalue weighted by atomic mass is 10.1. The maximum Gasteiger partial charge on any atom is 0.255 e. The molecule has 0 bridgehead atoms. The molecule has 7 nitrogen and oxygen atoms in total. The number of rotatable bonds is 6. The lowest BCUT2D eigenvalue weighted by Gasteiger charge is -2.25. The number of hydrogen-bond donors (Lipinski definition) is 1. The highest BCUT2D eigenvalue weighted by molar-refractivity contribution is 7.92. The molecule has 0 radical (unpaired) electrons. The fourth-order valence-electron chi connectivity index (χ4n) is 3.62. The van der Waals surface area contributed by atoms with Crippen LogP contribution < -0.4 is 19.1 Å². The minimum Gasteiger partial charge on any atom is -0.486 e. The Kier molecular flexibility index (Phi) is 6.29. The molecular weight excluding hydrogens is 440 g/mol. The summed E-state index contributed by atoms with van der Waals surface area (Å²) in [7, 11) is -3.50. The van der Waals surface area contributed by atoms with Crippen LogP contribution >= 0.6 is 0 Å². The SMILES string of the molecule is Cc1ccc(C)c(N(Cc2ccc(C(=O)Nc3ccc4c(c3)OCCO4)cc2)S(C)(=O)=O)c1. The first kappa shape index (κ1) is 22.7. The molecular formula is C25H26N2O5S. The second kappa shape index (κ2) is 9.15. The molecule has 0 aromatic heterocycles. The predicted molar refractivity (Wildman–Crippen MR) is 129 cm³/mol. The number of anilines is 2. The monoisotopic (exact) mass is 466 g/mol. The second-order valence-corrected chi connectivity index (χ2v) is 9.98. The third-order valence-corrected chi connectivity index (χ3v) is 6.50. The zero-order valence-corrected chi connectivity index (χ0v) is 19.6. The lowest BCUT2D eigenvalue weighted by Crippen LogP contribution is -2.30. The Morgan fingerprint density at radius 1 is 0.939 bits per heavy atom. The number of ether oxygens (including phenoxy) is 2. The van der Waals surface area contributed by atoms with Crippen LogP contribution in [-0.2, 0) is 16.6 Å². The van der Waals surface area contributed by atoms with Gasteiger partial charge in [-0.25, -0.2) is 8.42 Å². The number of benzene rings is 3. The molecule has 4 rings (SSSR count). The van der Waals surface area contributed by atoms with Gasteiger partial charge in [-0.3, -0.25) is 9.10 Å². The van der Waals surface area contributed by atoms with E-state index in [0.29, 0.717) is 41.7 Å². The Labute approximate surface area is 194 Å². The summed E-state index contributed by atoms with van der Waals surface area (Å²) in [4.78, 5) is 12.7. The van der Waals surface area contributed by atoms with E-state index >= 15 is 0 Å². The topological polar surface area (TPSA) is 84.9 Å². The largest absolute Gasteiger partial charge is 0.486 e. The van der Waals surface area contributed by atoms with Gasteiger partial charge >= 0.3 is 0 Å². The Morgan fingerprint density at radius 3 is 2.33 bits per heavy atom. The van der Waals surface area contributed by atoms with Crippen molar-refractivity contribution in [2.24, 2.45) is 0 Å². The van der Waals surface area contributed by atoms with Gasteiger partial charge < -0.3 is 14.8 Å². The van der Waals surface area contributed by atoms with Crippen LogP contribution in [0.25, 0.3) is 0 Å². The van der Waals surface area contributed by atoms with E-state index in [-0.39, 0.29) is 12.5 Å². The molecule has 172 valence electrons. The molecule has 0 atom stereocenters. The van der Waals surface area contributed by atoms with Crippen molar-refractivity contribution in [3.8, 4) is 11.5 Å². The minimum atomic E-state index is -3.50. The zero-order chi connectivity index (χ0) is 23.6. The number of hydrogen-bond acceptors (Lipinski definition) is 5. The van der Waals surface area contributed by atoms with Crippen molar-refractivity contribution in [1.82, 2.24) is 0 Å². The van der Waals surface area contributed by atoms with Gasteiger partial charge in [0.05, 0.1) is 18.5 Å². The predicted octanol–water partition coefficient (Wildman–Crippen LogP) is 4.29. The van der Waals surface area contributed by atoms with E-state index in [4.69, 9.17) is 9.47 Å². The molecule has 1 aliphatic heterocycles. The van der Waals surface area contributed by atoms with E-state index in [2.05, 4.69) is 5.32 Å². The fourth-order valence-corrected chi connectivity index (χ4v) is 4.56. The van der Waals surface area contributed by atoms with Crippen molar-refractivity contribution in [1.29, 1.82) is 0 Å². The molecule has 1 heterocycles. The molecule has 0 saturated heterocycles. The molecule has 1 N–H and O–H groups in total. The molecule has 0 spiro atoms. The molecule has 0 saturated carbocycles. The van der Waals surface area contributed by atoms with Crippen LogP contribution in [0.15, 0.2) is 60.7 Å². The fraction of sp³-hybridized carbons (Fsp3) is 0.240. The van der Waals surface area contributed by atoms with Crippen molar-refractivity contribution < 1.29 is 22.7 Å². The highest BCUT2D eigenvalue weighted by Gasteiger charge is 2.20. The van der Waals surface area contributed by atoms with E-state index < -0.39 is 10.0 Å². The number of sulfonamides is 1. The van der Waals surface area contributed by atoms with Crippen LogP contribution in [0.1, 0.15) is 27.0 Å².